The smallest absolute Gasteiger partial charge is 0.237 e. The zero-order valence-corrected chi connectivity index (χ0v) is 15.7. The number of ether oxygens (including phenoxy) is 1. The van der Waals surface area contributed by atoms with Gasteiger partial charge in [-0.15, -0.1) is 0 Å². The molecular formula is C20H21ClN4O2. The molecule has 1 amide bonds. The van der Waals surface area contributed by atoms with Crippen LogP contribution in [0.3, 0.4) is 0 Å². The normalized spacial score (nSPS) is 22.9. The summed E-state index contributed by atoms with van der Waals surface area (Å²) in [5.74, 6) is 0.760. The number of nitrogens with zero attached hydrogens (tertiary/aromatic N) is 4. The number of benzene rings is 1. The molecular weight excluding hydrogens is 364 g/mol. The van der Waals surface area contributed by atoms with Crippen molar-refractivity contribution in [2.45, 2.75) is 31.4 Å². The van der Waals surface area contributed by atoms with Crippen LogP contribution in [-0.4, -0.2) is 59.0 Å². The number of pyridine rings is 1. The zero-order valence-electron chi connectivity index (χ0n) is 15.0. The summed E-state index contributed by atoms with van der Waals surface area (Å²) >= 11 is 6.24. The largest absolute Gasteiger partial charge is 0.487 e. The lowest BCUT2D eigenvalue weighted by atomic mass is 10.2. The summed E-state index contributed by atoms with van der Waals surface area (Å²) in [6, 6.07) is 9.43. The molecule has 2 fully saturated rings. The van der Waals surface area contributed by atoms with Crippen molar-refractivity contribution < 1.29 is 9.53 Å². The summed E-state index contributed by atoms with van der Waals surface area (Å²) in [4.78, 5) is 20.7. The van der Waals surface area contributed by atoms with Gasteiger partial charge in [-0.3, -0.25) is 14.7 Å². The van der Waals surface area contributed by atoms with Crippen LogP contribution in [-0.2, 0) is 4.79 Å². The fourth-order valence-corrected chi connectivity index (χ4v) is 4.12. The highest BCUT2D eigenvalue weighted by Crippen LogP contribution is 2.31. The maximum atomic E-state index is 12.5. The first kappa shape index (κ1) is 18.0. The molecule has 2 aromatic rings. The van der Waals surface area contributed by atoms with Gasteiger partial charge in [-0.05, 0) is 43.5 Å². The second kappa shape index (κ2) is 7.71. The fourth-order valence-electron chi connectivity index (χ4n) is 3.91. The van der Waals surface area contributed by atoms with Crippen LogP contribution in [0.25, 0.3) is 10.9 Å². The number of carbonyl (C=O) groups is 1. The molecule has 3 heterocycles. The molecule has 2 aliphatic heterocycles. The van der Waals surface area contributed by atoms with Crippen molar-refractivity contribution in [3.8, 4) is 11.8 Å². The number of rotatable bonds is 4. The fraction of sp³-hybridized carbons (Fsp3) is 0.450. The highest BCUT2D eigenvalue weighted by Gasteiger charge is 2.32. The van der Waals surface area contributed by atoms with Gasteiger partial charge in [0.15, 0.2) is 0 Å². The zero-order chi connectivity index (χ0) is 18.8. The van der Waals surface area contributed by atoms with Gasteiger partial charge in [-0.25, -0.2) is 0 Å². The Balaban J connectivity index is 1.39. The van der Waals surface area contributed by atoms with Gasteiger partial charge in [0.1, 0.15) is 23.4 Å². The molecule has 2 saturated heterocycles. The average Bonchev–Trinajstić information content (AvgIpc) is 3.33. The Labute approximate surface area is 163 Å². The minimum Gasteiger partial charge on any atom is -0.487 e. The number of hydrogen-bond acceptors (Lipinski definition) is 5. The maximum absolute atomic E-state index is 12.5. The van der Waals surface area contributed by atoms with Gasteiger partial charge in [-0.2, -0.15) is 5.26 Å². The summed E-state index contributed by atoms with van der Waals surface area (Å²) in [6.07, 6.45) is 4.28. The van der Waals surface area contributed by atoms with Crippen LogP contribution < -0.4 is 4.74 Å². The number of aromatic nitrogens is 1. The molecule has 2 atom stereocenters. The molecule has 27 heavy (non-hydrogen) atoms. The Morgan fingerprint density at radius 1 is 1.33 bits per heavy atom. The van der Waals surface area contributed by atoms with Crippen molar-refractivity contribution in [3.05, 3.63) is 35.5 Å². The molecule has 1 aromatic heterocycles. The van der Waals surface area contributed by atoms with Crippen LogP contribution in [0.15, 0.2) is 30.5 Å². The molecule has 0 spiro atoms. The van der Waals surface area contributed by atoms with E-state index in [9.17, 15) is 4.79 Å². The van der Waals surface area contributed by atoms with Crippen molar-refractivity contribution in [2.24, 2.45) is 0 Å². The predicted molar refractivity (Wildman–Crippen MR) is 103 cm³/mol. The van der Waals surface area contributed by atoms with Crippen molar-refractivity contribution in [3.63, 3.8) is 0 Å². The van der Waals surface area contributed by atoms with E-state index in [1.165, 1.54) is 0 Å². The standard InChI is InChI=1S/C20H21ClN4O2/c21-17-5-6-18(20-16(17)4-1-8-23-20)27-15-7-10-24(12-15)13-19(26)25-9-2-3-14(25)11-22/h1,4-6,8,14-15H,2-3,7,9-10,12-13H2/t14?,15-/m0/s1. The van der Waals surface area contributed by atoms with Gasteiger partial charge in [0.05, 0.1) is 17.6 Å². The Morgan fingerprint density at radius 2 is 2.22 bits per heavy atom. The summed E-state index contributed by atoms with van der Waals surface area (Å²) < 4.78 is 6.18. The summed E-state index contributed by atoms with van der Waals surface area (Å²) in [7, 11) is 0. The first-order valence-electron chi connectivity index (χ1n) is 9.27. The molecule has 1 unspecified atom stereocenters. The molecule has 2 aliphatic rings. The van der Waals surface area contributed by atoms with Crippen LogP contribution in [0.1, 0.15) is 19.3 Å². The molecule has 0 radical (unpaired) electrons. The third-order valence-electron chi connectivity index (χ3n) is 5.28. The average molecular weight is 385 g/mol. The van der Waals surface area contributed by atoms with Crippen LogP contribution in [0.5, 0.6) is 5.75 Å². The minimum absolute atomic E-state index is 0.00882. The van der Waals surface area contributed by atoms with E-state index in [1.807, 2.05) is 24.3 Å². The topological polar surface area (TPSA) is 69.5 Å². The first-order chi connectivity index (χ1) is 13.2. The second-order valence-corrected chi connectivity index (χ2v) is 7.49. The van der Waals surface area contributed by atoms with Crippen LogP contribution in [0, 0.1) is 11.3 Å². The van der Waals surface area contributed by atoms with Crippen LogP contribution in [0.4, 0.5) is 0 Å². The molecule has 7 heteroatoms. The van der Waals surface area contributed by atoms with E-state index in [-0.39, 0.29) is 18.1 Å². The third-order valence-corrected chi connectivity index (χ3v) is 5.61. The number of nitriles is 1. The van der Waals surface area contributed by atoms with E-state index < -0.39 is 0 Å². The highest BCUT2D eigenvalue weighted by molar-refractivity contribution is 6.35. The van der Waals surface area contributed by atoms with Gasteiger partial charge in [0.2, 0.25) is 5.91 Å². The number of carbonyl (C=O) groups excluding carboxylic acids is 1. The van der Waals surface area contributed by atoms with E-state index in [0.717, 1.165) is 42.5 Å². The van der Waals surface area contributed by atoms with E-state index in [0.29, 0.717) is 24.7 Å². The molecule has 4 rings (SSSR count). The Morgan fingerprint density at radius 3 is 3.07 bits per heavy atom. The van der Waals surface area contributed by atoms with Gasteiger partial charge in [-0.1, -0.05) is 11.6 Å². The van der Waals surface area contributed by atoms with Crippen molar-refractivity contribution in [1.29, 1.82) is 5.26 Å². The number of fused-ring (bicyclic) bond motifs is 1. The Kier molecular flexibility index (Phi) is 5.15. The predicted octanol–water partition coefficient (Wildman–Crippen LogP) is 2.86. The third kappa shape index (κ3) is 3.71. The first-order valence-corrected chi connectivity index (χ1v) is 9.65. The van der Waals surface area contributed by atoms with Gasteiger partial charge < -0.3 is 9.64 Å². The Bertz CT molecular complexity index is 897. The lowest BCUT2D eigenvalue weighted by molar-refractivity contribution is -0.132. The maximum Gasteiger partial charge on any atom is 0.237 e. The van der Waals surface area contributed by atoms with Crippen molar-refractivity contribution >= 4 is 28.4 Å². The van der Waals surface area contributed by atoms with E-state index in [4.69, 9.17) is 21.6 Å². The van der Waals surface area contributed by atoms with E-state index in [1.54, 1.807) is 11.1 Å². The number of hydrogen-bond donors (Lipinski definition) is 0. The number of likely N-dealkylation sites (tertiary alicyclic amines) is 2. The highest BCUT2D eigenvalue weighted by atomic mass is 35.5. The monoisotopic (exact) mass is 384 g/mol. The van der Waals surface area contributed by atoms with Crippen molar-refractivity contribution in [2.75, 3.05) is 26.2 Å². The van der Waals surface area contributed by atoms with Gasteiger partial charge >= 0.3 is 0 Å². The molecule has 0 saturated carbocycles. The number of halogens is 1. The summed E-state index contributed by atoms with van der Waals surface area (Å²) in [5, 5.41) is 10.7. The molecule has 1 aromatic carbocycles. The second-order valence-electron chi connectivity index (χ2n) is 7.08. The van der Waals surface area contributed by atoms with Gasteiger partial charge in [0.25, 0.3) is 0 Å². The molecule has 140 valence electrons. The van der Waals surface area contributed by atoms with E-state index in [2.05, 4.69) is 16.0 Å². The minimum atomic E-state index is -0.265. The summed E-state index contributed by atoms with van der Waals surface area (Å²) in [6.45, 7) is 2.53. The number of amides is 1. The molecule has 0 N–H and O–H groups in total. The van der Waals surface area contributed by atoms with Gasteiger partial charge in [0, 0.05) is 31.2 Å². The van der Waals surface area contributed by atoms with Crippen molar-refractivity contribution in [1.82, 2.24) is 14.8 Å². The van der Waals surface area contributed by atoms with E-state index >= 15 is 0 Å². The quantitative estimate of drug-likeness (QED) is 0.810. The lowest BCUT2D eigenvalue weighted by Crippen LogP contribution is -2.42. The molecule has 0 aliphatic carbocycles. The van der Waals surface area contributed by atoms with Crippen LogP contribution in [0.2, 0.25) is 5.02 Å². The lowest BCUT2D eigenvalue weighted by Gasteiger charge is -2.23. The molecule has 0 bridgehead atoms. The SMILES string of the molecule is N#CC1CCCN1C(=O)CN1CC[C@H](Oc2ccc(Cl)c3cccnc23)C1. The van der Waals surface area contributed by atoms with Crippen LogP contribution >= 0.6 is 11.6 Å². The summed E-state index contributed by atoms with van der Waals surface area (Å²) in [5.41, 5.74) is 0.758. The Hall–Kier alpha value is -2.36. The molecule has 6 nitrogen and oxygen atoms in total.